The normalized spacial score (nSPS) is 14.3. The molecule has 0 radical (unpaired) electrons. The van der Waals surface area contributed by atoms with E-state index in [9.17, 15) is 14.9 Å². The number of nitrogens with zero attached hydrogens (tertiary/aromatic N) is 6. The van der Waals surface area contributed by atoms with Crippen molar-refractivity contribution >= 4 is 34.9 Å². The molecule has 0 unspecified atom stereocenters. The van der Waals surface area contributed by atoms with Crippen LogP contribution < -0.4 is 20.3 Å². The minimum absolute atomic E-state index is 0.122. The van der Waals surface area contributed by atoms with Gasteiger partial charge in [0.05, 0.1) is 35.0 Å². The van der Waals surface area contributed by atoms with E-state index in [2.05, 4.69) is 31.7 Å². The number of hydrogen-bond donors (Lipinski definition) is 3. The third-order valence-corrected chi connectivity index (χ3v) is 7.30. The molecule has 12 nitrogen and oxygen atoms in total. The van der Waals surface area contributed by atoms with Crippen molar-refractivity contribution in [2.24, 2.45) is 0 Å². The second kappa shape index (κ2) is 11.7. The minimum Gasteiger partial charge on any atom is -0.490 e. The zero-order chi connectivity index (χ0) is 29.0. The van der Waals surface area contributed by atoms with Crippen molar-refractivity contribution in [1.29, 1.82) is 5.26 Å². The van der Waals surface area contributed by atoms with Gasteiger partial charge in [-0.15, -0.1) is 0 Å². The highest BCUT2D eigenvalue weighted by Crippen LogP contribution is 2.32. The predicted octanol–water partition coefficient (Wildman–Crippen LogP) is 3.75. The lowest BCUT2D eigenvalue weighted by Gasteiger charge is -2.40. The highest BCUT2D eigenvalue weighted by molar-refractivity contribution is 6.33. The van der Waals surface area contributed by atoms with Crippen LogP contribution >= 0.6 is 11.6 Å². The van der Waals surface area contributed by atoms with Gasteiger partial charge in [0.15, 0.2) is 0 Å². The van der Waals surface area contributed by atoms with Crippen molar-refractivity contribution in [3.05, 3.63) is 71.4 Å². The summed E-state index contributed by atoms with van der Waals surface area (Å²) in [5.41, 5.74) is 2.32. The summed E-state index contributed by atoms with van der Waals surface area (Å²) in [6.07, 6.45) is 6.72. The molecule has 13 heteroatoms. The SMILES string of the molecule is CC1(NC(=O)c2ncccc2Cl)CCN(c2ccc(-c3cc(OCCNC(=O)O)cn4ncc(C#N)c34)cn2)CC1. The maximum absolute atomic E-state index is 12.8. The van der Waals surface area contributed by atoms with Crippen LogP contribution in [0.5, 0.6) is 5.75 Å². The summed E-state index contributed by atoms with van der Waals surface area (Å²) >= 11 is 6.14. The first kappa shape index (κ1) is 27.7. The Balaban J connectivity index is 1.29. The van der Waals surface area contributed by atoms with Crippen LogP contribution in [0.25, 0.3) is 16.6 Å². The number of anilines is 1. The van der Waals surface area contributed by atoms with E-state index in [4.69, 9.17) is 26.4 Å². The minimum atomic E-state index is -1.13. The van der Waals surface area contributed by atoms with Gasteiger partial charge < -0.3 is 25.4 Å². The van der Waals surface area contributed by atoms with E-state index in [1.165, 1.54) is 6.20 Å². The van der Waals surface area contributed by atoms with Crippen LogP contribution in [0, 0.1) is 11.3 Å². The van der Waals surface area contributed by atoms with Crippen LogP contribution in [-0.2, 0) is 0 Å². The van der Waals surface area contributed by atoms with Crippen LogP contribution in [0.1, 0.15) is 35.8 Å². The van der Waals surface area contributed by atoms with Gasteiger partial charge in [0.25, 0.3) is 5.91 Å². The number of hydrogen-bond acceptors (Lipinski definition) is 8. The zero-order valence-electron chi connectivity index (χ0n) is 22.2. The van der Waals surface area contributed by atoms with Gasteiger partial charge in [0.2, 0.25) is 0 Å². The Morgan fingerprint density at radius 2 is 2.02 bits per heavy atom. The van der Waals surface area contributed by atoms with E-state index in [-0.39, 0.29) is 24.8 Å². The first-order chi connectivity index (χ1) is 19.8. The number of aromatic nitrogens is 4. The van der Waals surface area contributed by atoms with Crippen molar-refractivity contribution in [3.63, 3.8) is 0 Å². The summed E-state index contributed by atoms with van der Waals surface area (Å²) in [5.74, 6) is 0.981. The number of ether oxygens (including phenoxy) is 1. The molecule has 0 aliphatic carbocycles. The van der Waals surface area contributed by atoms with Crippen molar-refractivity contribution < 1.29 is 19.4 Å². The molecule has 41 heavy (non-hydrogen) atoms. The van der Waals surface area contributed by atoms with Gasteiger partial charge in [-0.05, 0) is 50.1 Å². The molecule has 4 aromatic rings. The summed E-state index contributed by atoms with van der Waals surface area (Å²) < 4.78 is 7.30. The Labute approximate surface area is 240 Å². The second-order valence-electron chi connectivity index (χ2n) is 9.87. The van der Waals surface area contributed by atoms with Gasteiger partial charge in [-0.2, -0.15) is 10.4 Å². The summed E-state index contributed by atoms with van der Waals surface area (Å²) in [6, 6.07) is 11.1. The highest BCUT2D eigenvalue weighted by Gasteiger charge is 2.33. The Morgan fingerprint density at radius 1 is 1.22 bits per heavy atom. The molecule has 0 aromatic carbocycles. The van der Waals surface area contributed by atoms with Gasteiger partial charge in [-0.3, -0.25) is 4.79 Å². The number of piperidine rings is 1. The van der Waals surface area contributed by atoms with Crippen LogP contribution in [0.3, 0.4) is 0 Å². The predicted molar refractivity (Wildman–Crippen MR) is 151 cm³/mol. The standard InChI is InChI=1S/C28H27ClN8O4/c1-28(35-26(38)24-22(29)3-2-8-31-24)6-10-36(11-7-28)23-5-4-18(15-33-23)21-13-20(41-12-9-32-27(39)40)17-37-25(21)19(14-30)16-34-37/h2-5,8,13,15-17,32H,6-7,9-12H2,1H3,(H,35,38)(H,39,40). The number of halogens is 1. The molecule has 1 fully saturated rings. The summed E-state index contributed by atoms with van der Waals surface area (Å²) in [5, 5.41) is 28.3. The Kier molecular flexibility index (Phi) is 7.89. The third-order valence-electron chi connectivity index (χ3n) is 6.99. The number of carbonyl (C=O) groups is 2. The fraction of sp³-hybridized carbons (Fsp3) is 0.286. The van der Waals surface area contributed by atoms with Gasteiger partial charge in [-0.25, -0.2) is 19.3 Å². The molecule has 0 saturated carbocycles. The number of carbonyl (C=O) groups excluding carboxylic acids is 1. The molecular weight excluding hydrogens is 548 g/mol. The maximum Gasteiger partial charge on any atom is 0.404 e. The highest BCUT2D eigenvalue weighted by atomic mass is 35.5. The lowest BCUT2D eigenvalue weighted by Crippen LogP contribution is -2.53. The van der Waals surface area contributed by atoms with Crippen molar-refractivity contribution in [3.8, 4) is 22.9 Å². The Hall–Kier alpha value is -4.89. The molecule has 1 aliphatic rings. The topological polar surface area (TPSA) is 158 Å². The molecule has 1 saturated heterocycles. The quantitative estimate of drug-likeness (QED) is 0.266. The van der Waals surface area contributed by atoms with Crippen LogP contribution in [0.4, 0.5) is 10.6 Å². The van der Waals surface area contributed by atoms with E-state index in [0.29, 0.717) is 53.3 Å². The van der Waals surface area contributed by atoms with E-state index in [0.717, 1.165) is 11.4 Å². The molecule has 2 amide bonds. The second-order valence-corrected chi connectivity index (χ2v) is 10.3. The summed E-state index contributed by atoms with van der Waals surface area (Å²) in [4.78, 5) is 34.4. The monoisotopic (exact) mass is 574 g/mol. The molecule has 0 spiro atoms. The Bertz CT molecular complexity index is 1620. The molecule has 3 N–H and O–H groups in total. The van der Waals surface area contributed by atoms with E-state index in [1.54, 1.807) is 41.3 Å². The molecule has 0 bridgehead atoms. The lowest BCUT2D eigenvalue weighted by atomic mass is 9.89. The average Bonchev–Trinajstić information content (AvgIpc) is 3.38. The molecule has 0 atom stereocenters. The first-order valence-electron chi connectivity index (χ1n) is 12.9. The smallest absolute Gasteiger partial charge is 0.404 e. The van der Waals surface area contributed by atoms with E-state index >= 15 is 0 Å². The van der Waals surface area contributed by atoms with Crippen LogP contribution in [0.2, 0.25) is 5.02 Å². The summed E-state index contributed by atoms with van der Waals surface area (Å²) in [7, 11) is 0. The number of nitriles is 1. The molecular formula is C28H27ClN8O4. The number of nitrogens with one attached hydrogen (secondary N) is 2. The van der Waals surface area contributed by atoms with Gasteiger partial charge >= 0.3 is 6.09 Å². The molecule has 210 valence electrons. The van der Waals surface area contributed by atoms with Crippen molar-refractivity contribution in [1.82, 2.24) is 30.2 Å². The number of pyridine rings is 3. The maximum atomic E-state index is 12.8. The van der Waals surface area contributed by atoms with Crippen molar-refractivity contribution in [2.75, 3.05) is 31.1 Å². The van der Waals surface area contributed by atoms with Gasteiger partial charge in [-0.1, -0.05) is 11.6 Å². The van der Waals surface area contributed by atoms with Crippen molar-refractivity contribution in [2.45, 2.75) is 25.3 Å². The zero-order valence-corrected chi connectivity index (χ0v) is 22.9. The largest absolute Gasteiger partial charge is 0.490 e. The lowest BCUT2D eigenvalue weighted by molar-refractivity contribution is 0.0886. The third kappa shape index (κ3) is 6.15. The van der Waals surface area contributed by atoms with Gasteiger partial charge in [0, 0.05) is 42.1 Å². The summed E-state index contributed by atoms with van der Waals surface area (Å²) in [6.45, 7) is 3.66. The molecule has 1 aliphatic heterocycles. The molecule has 5 heterocycles. The van der Waals surface area contributed by atoms with E-state index < -0.39 is 11.6 Å². The van der Waals surface area contributed by atoms with Crippen LogP contribution in [-0.4, -0.2) is 68.5 Å². The number of carboxylic acid groups (broad SMARTS) is 1. The number of fused-ring (bicyclic) bond motifs is 1. The number of rotatable bonds is 8. The average molecular weight is 575 g/mol. The molecule has 5 rings (SSSR count). The fourth-order valence-electron chi connectivity index (χ4n) is 4.78. The van der Waals surface area contributed by atoms with E-state index in [1.807, 2.05) is 19.1 Å². The Morgan fingerprint density at radius 3 is 2.71 bits per heavy atom. The molecule has 4 aromatic heterocycles. The number of amides is 2. The van der Waals surface area contributed by atoms with Gasteiger partial charge in [0.1, 0.15) is 29.9 Å². The first-order valence-corrected chi connectivity index (χ1v) is 13.3. The fourth-order valence-corrected chi connectivity index (χ4v) is 4.98. The van der Waals surface area contributed by atoms with Crippen LogP contribution in [0.15, 0.2) is 55.1 Å².